The first-order valence-electron chi connectivity index (χ1n) is 23.0. The van der Waals surface area contributed by atoms with E-state index in [9.17, 15) is 26.3 Å². The number of para-hydroxylation sites is 2. The molecular formula is C52H65Cl2F6N4O7Pd-. The Morgan fingerprint density at radius 1 is 0.708 bits per heavy atom. The average Bonchev–Trinajstić information content (AvgIpc) is 4.01. The second kappa shape index (κ2) is 34.0. The van der Waals surface area contributed by atoms with E-state index in [2.05, 4.69) is 33.1 Å². The van der Waals surface area contributed by atoms with E-state index in [-0.39, 0.29) is 45.1 Å². The molecule has 4 aromatic rings. The molecule has 0 bridgehead atoms. The predicted octanol–water partition coefficient (Wildman–Crippen LogP) is 13.8. The van der Waals surface area contributed by atoms with Gasteiger partial charge in [0.1, 0.15) is 24.7 Å². The monoisotopic (exact) mass is 1150 g/mol. The van der Waals surface area contributed by atoms with Crippen LogP contribution in [0.25, 0.3) is 11.6 Å². The minimum atomic E-state index is -4.40. The molecule has 4 aromatic carbocycles. The summed E-state index contributed by atoms with van der Waals surface area (Å²) in [7, 11) is 1.31. The average molecular weight is 1150 g/mol. The van der Waals surface area contributed by atoms with E-state index in [0.717, 1.165) is 107 Å². The van der Waals surface area contributed by atoms with Gasteiger partial charge in [-0.15, -0.1) is 0 Å². The number of nitrogens with zero attached hydrogens (tertiary/aromatic N) is 4. The fraction of sp³-hybridized carbons (Fsp3) is 0.462. The Kier molecular flexibility index (Phi) is 31.0. The molecule has 0 aromatic heterocycles. The Balaban J connectivity index is 0.000000549. The van der Waals surface area contributed by atoms with Gasteiger partial charge in [0.05, 0.1) is 11.1 Å². The number of carbonyl (C=O) groups is 2. The Labute approximate surface area is 443 Å². The maximum Gasteiger partial charge on any atom is 0.419 e. The third kappa shape index (κ3) is 25.9. The van der Waals surface area contributed by atoms with Gasteiger partial charge in [-0.3, -0.25) is 19.4 Å². The van der Waals surface area contributed by atoms with Crippen molar-refractivity contribution in [1.29, 1.82) is 0 Å². The fourth-order valence-electron chi connectivity index (χ4n) is 7.72. The van der Waals surface area contributed by atoms with Gasteiger partial charge in [0.25, 0.3) is 11.9 Å². The quantitative estimate of drug-likeness (QED) is 0.0805. The third-order valence-corrected chi connectivity index (χ3v) is 11.7. The molecule has 2 saturated heterocycles. The van der Waals surface area contributed by atoms with Gasteiger partial charge in [-0.2, -0.15) is 26.3 Å². The number of carboxylic acid groups (broad SMARTS) is 2. The standard InChI is InChI=1S/C22H23ClF3NO.C21H21ClF3NO.C4H10O.2C2H4O2.CH3N2.Pd/c23-17-7-5-16(6-8-17)19-15-21(19)9-11-27(12-10-21)13-14-28-20-4-2-1-3-18(20)22(24,25)26;22-18-7-5-16(6-8-18)15-17-9-11-26(12-10-17)13-14-27-20-4-2-1-3-19(20)21(23,24)25;1-3-5-4-2;2*1-2(3)4;1-3-2;/h1-8,19H,9-15H2;1-8,15H,9-14H2;3-4H2,1-2H3;2*1H3,(H,3,4);1H3;/q;;;;;-1;. The summed E-state index contributed by atoms with van der Waals surface area (Å²) in [6.45, 7) is 13.3. The van der Waals surface area contributed by atoms with E-state index in [4.69, 9.17) is 62.7 Å². The van der Waals surface area contributed by atoms with Crippen LogP contribution < -0.4 is 9.47 Å². The summed E-state index contributed by atoms with van der Waals surface area (Å²) in [6.07, 6.45) is -1.25. The summed E-state index contributed by atoms with van der Waals surface area (Å²) in [4.78, 5) is 22.5. The number of hydrogen-bond donors (Lipinski definition) is 2. The van der Waals surface area contributed by atoms with Crippen LogP contribution in [0.1, 0.15) is 88.0 Å². The van der Waals surface area contributed by atoms with Gasteiger partial charge in [-0.05, 0) is 130 Å². The Bertz CT molecular complexity index is 2180. The molecule has 0 radical (unpaired) electrons. The first-order valence-corrected chi connectivity index (χ1v) is 23.8. The van der Waals surface area contributed by atoms with E-state index < -0.39 is 35.4 Å². The van der Waals surface area contributed by atoms with E-state index in [1.54, 1.807) is 12.1 Å². The summed E-state index contributed by atoms with van der Waals surface area (Å²) in [5.74, 6) is -1.25. The number of benzene rings is 4. The van der Waals surface area contributed by atoms with Crippen LogP contribution >= 0.6 is 23.2 Å². The maximum absolute atomic E-state index is 13.0. The molecule has 11 nitrogen and oxygen atoms in total. The Morgan fingerprint density at radius 3 is 1.46 bits per heavy atom. The number of aliphatic carboxylic acids is 2. The number of hydrogen-bond acceptors (Lipinski definition) is 8. The second-order valence-corrected chi connectivity index (χ2v) is 17.3. The van der Waals surface area contributed by atoms with Gasteiger partial charge in [0, 0.05) is 90.8 Å². The van der Waals surface area contributed by atoms with Crippen molar-refractivity contribution >= 4 is 41.2 Å². The molecule has 20 heteroatoms. The predicted molar refractivity (Wildman–Crippen MR) is 266 cm³/mol. The number of rotatable bonds is 12. The molecule has 1 atom stereocenters. The Morgan fingerprint density at radius 2 is 1.08 bits per heavy atom. The van der Waals surface area contributed by atoms with E-state index in [0.29, 0.717) is 24.4 Å². The minimum Gasteiger partial charge on any atom is -0.712 e. The van der Waals surface area contributed by atoms with Crippen molar-refractivity contribution in [3.05, 3.63) is 140 Å². The second-order valence-electron chi connectivity index (χ2n) is 16.4. The van der Waals surface area contributed by atoms with Gasteiger partial charge >= 0.3 is 12.4 Å². The summed E-state index contributed by atoms with van der Waals surface area (Å²) >= 11 is 11.9. The molecular weight excluding hydrogens is 1080 g/mol. The Hall–Kier alpha value is -4.54. The van der Waals surface area contributed by atoms with Crippen LogP contribution in [0.3, 0.4) is 0 Å². The molecule has 2 heterocycles. The van der Waals surface area contributed by atoms with Gasteiger partial charge in [-0.25, -0.2) is 0 Å². The summed E-state index contributed by atoms with van der Waals surface area (Å²) in [5.41, 5.74) is 10.0. The first kappa shape index (κ1) is 65.5. The molecule has 3 fully saturated rings. The number of carboxylic acids is 2. The van der Waals surface area contributed by atoms with Crippen LogP contribution in [0.15, 0.2) is 108 Å². The molecule has 0 amide bonds. The SMILES string of the molecule is CC(=O)O.CC(=O)O.CCOCC.CN=[N-].FC(F)(F)c1ccccc1OCCN1CCC(=Cc2ccc(Cl)cc2)CC1.FC(F)(F)c1ccccc1OCCN1CCC2(CC1)CC2c1ccc(Cl)cc1.[Pd]. The molecule has 1 aliphatic carbocycles. The molecule has 3 aliphatic rings. The fourth-order valence-corrected chi connectivity index (χ4v) is 7.97. The van der Waals surface area contributed by atoms with E-state index in [1.165, 1.54) is 48.9 Å². The van der Waals surface area contributed by atoms with Gasteiger partial charge in [0.2, 0.25) is 0 Å². The molecule has 402 valence electrons. The van der Waals surface area contributed by atoms with Gasteiger partial charge in [0.15, 0.2) is 0 Å². The van der Waals surface area contributed by atoms with Crippen LogP contribution in [0.2, 0.25) is 10.0 Å². The summed E-state index contributed by atoms with van der Waals surface area (Å²) in [6, 6.07) is 26.6. The normalized spacial score (nSPS) is 15.7. The van der Waals surface area contributed by atoms with Crippen molar-refractivity contribution in [2.45, 2.75) is 78.1 Å². The zero-order valence-electron chi connectivity index (χ0n) is 41.1. The molecule has 2 aliphatic heterocycles. The molecule has 7 rings (SSSR count). The number of alkyl halides is 6. The van der Waals surface area contributed by atoms with Crippen molar-refractivity contribution in [1.82, 2.24) is 9.80 Å². The largest absolute Gasteiger partial charge is 0.712 e. The zero-order valence-corrected chi connectivity index (χ0v) is 44.1. The molecule has 1 saturated carbocycles. The number of halogens is 8. The number of piperidine rings is 2. The topological polar surface area (TPSA) is 143 Å². The van der Waals surface area contributed by atoms with Crippen LogP contribution in [0.5, 0.6) is 11.5 Å². The molecule has 1 spiro atoms. The van der Waals surface area contributed by atoms with Crippen LogP contribution in [0, 0.1) is 5.41 Å². The molecule has 2 N–H and O–H groups in total. The third-order valence-electron chi connectivity index (χ3n) is 11.2. The van der Waals surface area contributed by atoms with Crippen LogP contribution in [-0.4, -0.2) is 105 Å². The van der Waals surface area contributed by atoms with Crippen molar-refractivity contribution in [2.75, 3.05) is 72.7 Å². The maximum atomic E-state index is 13.0. The van der Waals surface area contributed by atoms with E-state index >= 15 is 0 Å². The van der Waals surface area contributed by atoms with Crippen molar-refractivity contribution in [3.63, 3.8) is 0 Å². The minimum absolute atomic E-state index is 0. The summed E-state index contributed by atoms with van der Waals surface area (Å²) < 4.78 is 93.7. The van der Waals surface area contributed by atoms with E-state index in [1.807, 2.05) is 50.2 Å². The number of ether oxygens (including phenoxy) is 3. The summed E-state index contributed by atoms with van der Waals surface area (Å²) in [5, 5.41) is 18.8. The van der Waals surface area contributed by atoms with Gasteiger partial charge in [-0.1, -0.05) is 83.4 Å². The van der Waals surface area contributed by atoms with Crippen molar-refractivity contribution < 1.29 is 80.8 Å². The van der Waals surface area contributed by atoms with Gasteiger partial charge < -0.3 is 35.1 Å². The van der Waals surface area contributed by atoms with Crippen molar-refractivity contribution in [3.8, 4) is 11.5 Å². The van der Waals surface area contributed by atoms with Crippen LogP contribution in [-0.2, 0) is 47.1 Å². The first-order chi connectivity index (χ1) is 33.6. The molecule has 1 unspecified atom stereocenters. The van der Waals surface area contributed by atoms with Crippen LogP contribution in [0.4, 0.5) is 26.3 Å². The smallest absolute Gasteiger partial charge is 0.419 e. The molecule has 72 heavy (non-hydrogen) atoms. The zero-order chi connectivity index (χ0) is 53.0. The number of likely N-dealkylation sites (tertiary alicyclic amines) is 2. The van der Waals surface area contributed by atoms with Crippen molar-refractivity contribution in [2.24, 2.45) is 10.5 Å².